The first-order chi connectivity index (χ1) is 19.8. The van der Waals surface area contributed by atoms with E-state index in [9.17, 15) is 5.26 Å². The molecule has 3 nitrogen and oxygen atoms in total. The maximum absolute atomic E-state index is 9.68. The Bertz CT molecular complexity index is 2290. The van der Waals surface area contributed by atoms with E-state index >= 15 is 0 Å². The van der Waals surface area contributed by atoms with Crippen molar-refractivity contribution in [2.45, 2.75) is 0 Å². The zero-order valence-corrected chi connectivity index (χ0v) is 21.4. The highest BCUT2D eigenvalue weighted by Gasteiger charge is 2.18. The zero-order valence-electron chi connectivity index (χ0n) is 21.4. The average Bonchev–Trinajstić information content (AvgIpc) is 3.59. The number of para-hydroxylation sites is 2. The highest BCUT2D eigenvalue weighted by molar-refractivity contribution is 6.15. The number of rotatable bonds is 3. The fourth-order valence-electron chi connectivity index (χ4n) is 5.96. The standard InChI is InChI=1S/C37H21NO2/c38-22-23-8-5-9-24(20-23)31-21-25(26-12-6-16-34-36(26)29-10-1-3-14-32(29)39-34)18-19-27(31)28-13-7-17-35-37(28)30-11-2-4-15-33(30)40-35/h1-21H. The van der Waals surface area contributed by atoms with Gasteiger partial charge in [0.1, 0.15) is 22.3 Å². The highest BCUT2D eigenvalue weighted by atomic mass is 16.3. The molecule has 0 N–H and O–H groups in total. The van der Waals surface area contributed by atoms with Crippen molar-refractivity contribution in [3.63, 3.8) is 0 Å². The molecule has 8 rings (SSSR count). The Morgan fingerprint density at radius 3 is 1.70 bits per heavy atom. The second-order valence-corrected chi connectivity index (χ2v) is 10.0. The van der Waals surface area contributed by atoms with Crippen molar-refractivity contribution >= 4 is 43.9 Å². The van der Waals surface area contributed by atoms with Crippen LogP contribution in [0.4, 0.5) is 0 Å². The summed E-state index contributed by atoms with van der Waals surface area (Å²) in [5.74, 6) is 0. The smallest absolute Gasteiger partial charge is 0.136 e. The van der Waals surface area contributed by atoms with Crippen molar-refractivity contribution in [1.82, 2.24) is 0 Å². The van der Waals surface area contributed by atoms with Crippen LogP contribution < -0.4 is 0 Å². The van der Waals surface area contributed by atoms with Crippen molar-refractivity contribution in [1.29, 1.82) is 5.26 Å². The maximum atomic E-state index is 9.68. The van der Waals surface area contributed by atoms with Crippen LogP contribution in [0.2, 0.25) is 0 Å². The molecule has 0 amide bonds. The van der Waals surface area contributed by atoms with E-state index in [1.165, 1.54) is 0 Å². The zero-order chi connectivity index (χ0) is 26.6. The molecule has 0 saturated carbocycles. The van der Waals surface area contributed by atoms with Crippen LogP contribution >= 0.6 is 0 Å². The first kappa shape index (κ1) is 22.4. The second kappa shape index (κ2) is 8.73. The van der Waals surface area contributed by atoms with Crippen molar-refractivity contribution in [2.24, 2.45) is 0 Å². The van der Waals surface area contributed by atoms with E-state index in [0.717, 1.165) is 77.3 Å². The van der Waals surface area contributed by atoms with Gasteiger partial charge in [-0.15, -0.1) is 0 Å². The summed E-state index contributed by atoms with van der Waals surface area (Å²) in [5, 5.41) is 14.1. The topological polar surface area (TPSA) is 50.1 Å². The van der Waals surface area contributed by atoms with E-state index in [4.69, 9.17) is 8.83 Å². The van der Waals surface area contributed by atoms with Crippen LogP contribution in [0.25, 0.3) is 77.3 Å². The molecule has 0 aliphatic carbocycles. The first-order valence-corrected chi connectivity index (χ1v) is 13.2. The molecule has 0 bridgehead atoms. The van der Waals surface area contributed by atoms with Crippen LogP contribution in [0.15, 0.2) is 136 Å². The summed E-state index contributed by atoms with van der Waals surface area (Å²) in [6.07, 6.45) is 0. The summed E-state index contributed by atoms with van der Waals surface area (Å²) in [6, 6.07) is 45.5. The van der Waals surface area contributed by atoms with Gasteiger partial charge in [-0.25, -0.2) is 0 Å². The first-order valence-electron chi connectivity index (χ1n) is 13.2. The van der Waals surface area contributed by atoms with Gasteiger partial charge in [0.2, 0.25) is 0 Å². The quantitative estimate of drug-likeness (QED) is 0.237. The van der Waals surface area contributed by atoms with E-state index in [-0.39, 0.29) is 0 Å². The molecule has 0 spiro atoms. The molecule has 0 aliphatic rings. The third-order valence-corrected chi connectivity index (χ3v) is 7.73. The van der Waals surface area contributed by atoms with Gasteiger partial charge in [0.05, 0.1) is 11.6 Å². The highest BCUT2D eigenvalue weighted by Crippen LogP contribution is 2.43. The van der Waals surface area contributed by atoms with Gasteiger partial charge in [-0.3, -0.25) is 0 Å². The lowest BCUT2D eigenvalue weighted by Crippen LogP contribution is -1.90. The van der Waals surface area contributed by atoms with Crippen molar-refractivity contribution in [3.05, 3.63) is 133 Å². The third kappa shape index (κ3) is 3.37. The van der Waals surface area contributed by atoms with E-state index in [1.807, 2.05) is 78.9 Å². The number of benzene rings is 6. The number of fused-ring (bicyclic) bond motifs is 6. The monoisotopic (exact) mass is 511 g/mol. The number of furan rings is 2. The molecule has 0 atom stereocenters. The van der Waals surface area contributed by atoms with Crippen LogP contribution in [-0.4, -0.2) is 0 Å². The molecule has 0 saturated heterocycles. The SMILES string of the molecule is N#Cc1cccc(-c2cc(-c3cccc4oc5ccccc5c34)ccc2-c2cccc3oc4ccccc4c23)c1. The van der Waals surface area contributed by atoms with Gasteiger partial charge in [0, 0.05) is 21.5 Å². The van der Waals surface area contributed by atoms with Crippen LogP contribution in [0.3, 0.4) is 0 Å². The Kier molecular flexibility index (Phi) is 4.89. The van der Waals surface area contributed by atoms with Crippen molar-refractivity contribution in [2.75, 3.05) is 0 Å². The van der Waals surface area contributed by atoms with Gasteiger partial charge in [-0.1, -0.05) is 84.9 Å². The van der Waals surface area contributed by atoms with Gasteiger partial charge in [0.15, 0.2) is 0 Å². The molecule has 0 aliphatic heterocycles. The van der Waals surface area contributed by atoms with E-state index in [2.05, 4.69) is 54.6 Å². The van der Waals surface area contributed by atoms with E-state index in [1.54, 1.807) is 0 Å². The lowest BCUT2D eigenvalue weighted by atomic mass is 9.88. The van der Waals surface area contributed by atoms with Crippen LogP contribution in [0, 0.1) is 11.3 Å². The number of nitrogens with zero attached hydrogens (tertiary/aromatic N) is 1. The minimum Gasteiger partial charge on any atom is -0.456 e. The average molecular weight is 512 g/mol. The molecule has 40 heavy (non-hydrogen) atoms. The molecule has 0 unspecified atom stereocenters. The number of nitriles is 1. The van der Waals surface area contributed by atoms with Crippen molar-refractivity contribution < 1.29 is 8.83 Å². The molecule has 2 heterocycles. The third-order valence-electron chi connectivity index (χ3n) is 7.73. The van der Waals surface area contributed by atoms with Gasteiger partial charge in [-0.2, -0.15) is 5.26 Å². The Labute approximate surface area is 230 Å². The predicted molar refractivity (Wildman–Crippen MR) is 162 cm³/mol. The summed E-state index contributed by atoms with van der Waals surface area (Å²) in [6.45, 7) is 0. The molecular formula is C37H21NO2. The summed E-state index contributed by atoms with van der Waals surface area (Å²) >= 11 is 0. The fraction of sp³-hybridized carbons (Fsp3) is 0. The number of hydrogen-bond donors (Lipinski definition) is 0. The fourth-order valence-corrected chi connectivity index (χ4v) is 5.96. The lowest BCUT2D eigenvalue weighted by molar-refractivity contribution is 0.668. The molecular weight excluding hydrogens is 490 g/mol. The van der Waals surface area contributed by atoms with Gasteiger partial charge < -0.3 is 8.83 Å². The minimum atomic E-state index is 0.628. The van der Waals surface area contributed by atoms with Crippen LogP contribution in [0.5, 0.6) is 0 Å². The normalized spacial score (nSPS) is 11.5. The molecule has 0 fully saturated rings. The Morgan fingerprint density at radius 1 is 0.425 bits per heavy atom. The Hall–Kier alpha value is -5.59. The molecule has 0 radical (unpaired) electrons. The van der Waals surface area contributed by atoms with Crippen LogP contribution in [-0.2, 0) is 0 Å². The summed E-state index contributed by atoms with van der Waals surface area (Å²) < 4.78 is 12.4. The number of hydrogen-bond acceptors (Lipinski definition) is 3. The Morgan fingerprint density at radius 2 is 1.00 bits per heavy atom. The summed E-state index contributed by atoms with van der Waals surface area (Å²) in [7, 11) is 0. The lowest BCUT2D eigenvalue weighted by Gasteiger charge is -2.15. The van der Waals surface area contributed by atoms with Crippen molar-refractivity contribution in [3.8, 4) is 39.4 Å². The molecule has 186 valence electrons. The Balaban J connectivity index is 1.44. The minimum absolute atomic E-state index is 0.628. The van der Waals surface area contributed by atoms with Gasteiger partial charge in [0.25, 0.3) is 0 Å². The predicted octanol–water partition coefficient (Wildman–Crippen LogP) is 10.4. The molecule has 8 aromatic rings. The molecule has 2 aromatic heterocycles. The largest absolute Gasteiger partial charge is 0.456 e. The van der Waals surface area contributed by atoms with Crippen LogP contribution in [0.1, 0.15) is 5.56 Å². The summed E-state index contributed by atoms with van der Waals surface area (Å²) in [4.78, 5) is 0. The summed E-state index contributed by atoms with van der Waals surface area (Å²) in [5.41, 5.74) is 10.5. The van der Waals surface area contributed by atoms with E-state index < -0.39 is 0 Å². The molecule has 3 heteroatoms. The van der Waals surface area contributed by atoms with Gasteiger partial charge >= 0.3 is 0 Å². The maximum Gasteiger partial charge on any atom is 0.136 e. The molecule has 6 aromatic carbocycles. The van der Waals surface area contributed by atoms with E-state index in [0.29, 0.717) is 5.56 Å². The van der Waals surface area contributed by atoms with Gasteiger partial charge in [-0.05, 0) is 75.8 Å². The second-order valence-electron chi connectivity index (χ2n) is 10.0.